The first-order valence-corrected chi connectivity index (χ1v) is 24.6. The van der Waals surface area contributed by atoms with E-state index < -0.39 is 19.9 Å². The Morgan fingerprint density at radius 1 is 0.948 bits per heavy atom. The van der Waals surface area contributed by atoms with Crippen LogP contribution >= 0.6 is 22.7 Å². The molecular weight excluding hydrogens is 789 g/mol. The fourth-order valence-corrected chi connectivity index (χ4v) is 10.1. The first-order valence-electron chi connectivity index (χ1n) is 19.9. The lowest BCUT2D eigenvalue weighted by Gasteiger charge is -2.39. The van der Waals surface area contributed by atoms with Gasteiger partial charge in [-0.2, -0.15) is 0 Å². The molecule has 5 aromatic rings. The van der Waals surface area contributed by atoms with Crippen LogP contribution in [0, 0.1) is 0 Å². The number of aromatic hydroxyl groups is 1. The minimum atomic E-state index is -2.21. The number of phenolic OH excluding ortho intramolecular Hbond substituents is 1. The van der Waals surface area contributed by atoms with Gasteiger partial charge in [-0.05, 0) is 109 Å². The molecule has 1 atom stereocenters. The lowest BCUT2D eigenvalue weighted by Crippen LogP contribution is -2.43. The van der Waals surface area contributed by atoms with Crippen LogP contribution in [0.25, 0.3) is 10.9 Å². The van der Waals surface area contributed by atoms with Crippen LogP contribution < -0.4 is 16.2 Å². The van der Waals surface area contributed by atoms with Crippen LogP contribution in [-0.4, -0.2) is 72.6 Å². The summed E-state index contributed by atoms with van der Waals surface area (Å²) < 4.78 is 12.8. The van der Waals surface area contributed by atoms with E-state index in [9.17, 15) is 24.6 Å². The molecular formula is C44H56N4O7S2Si. The highest BCUT2D eigenvalue weighted by molar-refractivity contribution is 7.12. The number of thiophene rings is 2. The number of ether oxygens (including phenoxy) is 1. The molecule has 0 unspecified atom stereocenters. The number of rotatable bonds is 16. The van der Waals surface area contributed by atoms with E-state index in [-0.39, 0.29) is 40.5 Å². The van der Waals surface area contributed by atoms with E-state index in [1.165, 1.54) is 28.7 Å². The van der Waals surface area contributed by atoms with Crippen molar-refractivity contribution in [3.05, 3.63) is 115 Å². The predicted molar refractivity (Wildman–Crippen MR) is 235 cm³/mol. The van der Waals surface area contributed by atoms with E-state index in [4.69, 9.17) is 9.16 Å². The summed E-state index contributed by atoms with van der Waals surface area (Å²) in [5.41, 5.74) is 0.990. The average Bonchev–Trinajstić information content (AvgIpc) is 3.94. The van der Waals surface area contributed by atoms with Crippen LogP contribution in [0.5, 0.6) is 5.75 Å². The molecule has 3 heterocycles. The predicted octanol–water partition coefficient (Wildman–Crippen LogP) is 8.26. The Kier molecular flexibility index (Phi) is 13.8. The summed E-state index contributed by atoms with van der Waals surface area (Å²) in [7, 11) is -0.178. The molecule has 310 valence electrons. The van der Waals surface area contributed by atoms with Gasteiger partial charge in [0, 0.05) is 49.2 Å². The summed E-state index contributed by atoms with van der Waals surface area (Å²) in [6.07, 6.45) is 2.81. The van der Waals surface area contributed by atoms with Gasteiger partial charge < -0.3 is 39.9 Å². The second kappa shape index (κ2) is 18.4. The number of nitrogens with zero attached hydrogens (tertiary/aromatic N) is 1. The number of carbonyl (C=O) groups excluding carboxylic acids is 2. The van der Waals surface area contributed by atoms with Crippen LogP contribution in [0.15, 0.2) is 88.4 Å². The summed E-state index contributed by atoms with van der Waals surface area (Å²) in [5, 5.41) is 33.1. The van der Waals surface area contributed by atoms with Crippen molar-refractivity contribution in [2.24, 2.45) is 0 Å². The van der Waals surface area contributed by atoms with Gasteiger partial charge in [-0.15, -0.1) is 22.7 Å². The molecule has 14 heteroatoms. The molecule has 6 rings (SSSR count). The molecule has 1 aliphatic rings. The van der Waals surface area contributed by atoms with Gasteiger partial charge in [0.15, 0.2) is 8.32 Å². The van der Waals surface area contributed by atoms with Crippen molar-refractivity contribution in [1.82, 2.24) is 15.2 Å². The standard InChI is InChI=1S/C44H56N4O7S2Si/c1-43(2,3)58(5,6)55-36(33-19-21-35(49)41-34(33)20-22-39(50)47-41)28-45-27-29-11-13-30(14-12-29)46-40(51)23-24-48(4)31-15-17-32(18-16-31)54-42(52)44(53,37-9-7-25-56-37)38-10-8-26-57-38/h7-14,19-22,25-26,31-32,36,45,49,53H,15-18,23-24,27-28H2,1-6H3,(H,46,51)(H,47,50)/t31?,32?,36-/m1/s1. The number of anilines is 1. The van der Waals surface area contributed by atoms with Gasteiger partial charge in [0.25, 0.3) is 0 Å². The van der Waals surface area contributed by atoms with Gasteiger partial charge in [0.1, 0.15) is 11.9 Å². The first kappa shape index (κ1) is 43.4. The minimum absolute atomic E-state index is 0.0185. The molecule has 2 aromatic carbocycles. The van der Waals surface area contributed by atoms with Crippen molar-refractivity contribution in [3.63, 3.8) is 0 Å². The number of nitrogens with one attached hydrogen (secondary N) is 3. The maximum atomic E-state index is 13.4. The first-order chi connectivity index (χ1) is 27.5. The number of benzene rings is 2. The van der Waals surface area contributed by atoms with E-state index >= 15 is 0 Å². The van der Waals surface area contributed by atoms with E-state index in [2.05, 4.69) is 54.4 Å². The summed E-state index contributed by atoms with van der Waals surface area (Å²) in [4.78, 5) is 44.5. The van der Waals surface area contributed by atoms with Crippen LogP contribution in [0.4, 0.5) is 5.69 Å². The molecule has 0 radical (unpaired) electrons. The fourth-order valence-electron chi connectivity index (χ4n) is 7.16. The number of aromatic amines is 1. The second-order valence-corrected chi connectivity index (χ2v) is 23.4. The number of fused-ring (bicyclic) bond motifs is 1. The SMILES string of the molecule is CN(CCC(=O)Nc1ccc(CNC[C@@H](O[Si](C)(C)C(C)(C)C)c2ccc(O)c3[nH]c(=O)ccc23)cc1)C1CCC(OC(=O)C(O)(c2cccs2)c2cccs2)CC1. The summed E-state index contributed by atoms with van der Waals surface area (Å²) in [6.45, 7) is 12.7. The van der Waals surface area contributed by atoms with Crippen molar-refractivity contribution >= 4 is 59.5 Å². The van der Waals surface area contributed by atoms with Crippen LogP contribution in [0.1, 0.15) is 79.9 Å². The highest BCUT2D eigenvalue weighted by atomic mass is 32.1. The van der Waals surface area contributed by atoms with Crippen LogP contribution in [0.2, 0.25) is 18.1 Å². The number of carbonyl (C=O) groups is 2. The Bertz CT molecular complexity index is 2160. The third-order valence-electron chi connectivity index (χ3n) is 11.7. The molecule has 0 saturated heterocycles. The zero-order chi connectivity index (χ0) is 41.7. The number of phenols is 1. The highest BCUT2D eigenvalue weighted by Crippen LogP contribution is 2.41. The van der Waals surface area contributed by atoms with E-state index in [0.29, 0.717) is 54.2 Å². The van der Waals surface area contributed by atoms with Crippen LogP contribution in [0.3, 0.4) is 0 Å². The molecule has 11 nitrogen and oxygen atoms in total. The number of esters is 1. The summed E-state index contributed by atoms with van der Waals surface area (Å²) in [5.74, 6) is -0.671. The van der Waals surface area contributed by atoms with E-state index in [0.717, 1.165) is 35.0 Å². The molecule has 1 aliphatic carbocycles. The highest BCUT2D eigenvalue weighted by Gasteiger charge is 2.45. The Morgan fingerprint density at radius 3 is 2.21 bits per heavy atom. The zero-order valence-electron chi connectivity index (χ0n) is 34.2. The van der Waals surface area contributed by atoms with Crippen molar-refractivity contribution < 1.29 is 29.0 Å². The van der Waals surface area contributed by atoms with Gasteiger partial charge in [-0.25, -0.2) is 4.79 Å². The maximum Gasteiger partial charge on any atom is 0.349 e. The molecule has 5 N–H and O–H groups in total. The molecule has 1 fully saturated rings. The van der Waals surface area contributed by atoms with E-state index in [1.54, 1.807) is 24.3 Å². The number of pyridine rings is 1. The Balaban J connectivity index is 0.964. The molecule has 3 aromatic heterocycles. The largest absolute Gasteiger partial charge is 0.506 e. The topological polar surface area (TPSA) is 153 Å². The van der Waals surface area contributed by atoms with Crippen molar-refractivity contribution in [1.29, 1.82) is 0 Å². The zero-order valence-corrected chi connectivity index (χ0v) is 36.8. The minimum Gasteiger partial charge on any atom is -0.506 e. The lowest BCUT2D eigenvalue weighted by atomic mass is 9.91. The third-order valence-corrected chi connectivity index (χ3v) is 18.1. The molecule has 0 spiro atoms. The molecule has 1 amide bonds. The Morgan fingerprint density at radius 2 is 1.60 bits per heavy atom. The van der Waals surface area contributed by atoms with Gasteiger partial charge in [-0.1, -0.05) is 51.1 Å². The maximum absolute atomic E-state index is 13.4. The monoisotopic (exact) mass is 844 g/mol. The smallest absolute Gasteiger partial charge is 0.349 e. The summed E-state index contributed by atoms with van der Waals surface area (Å²) in [6, 6.07) is 21.9. The van der Waals surface area contributed by atoms with Crippen molar-refractivity contribution in [2.45, 2.75) is 101 Å². The van der Waals surface area contributed by atoms with Crippen molar-refractivity contribution in [2.75, 3.05) is 25.5 Å². The normalized spacial score (nSPS) is 17.0. The lowest BCUT2D eigenvalue weighted by molar-refractivity contribution is -0.169. The third kappa shape index (κ3) is 10.2. The molecule has 58 heavy (non-hydrogen) atoms. The Labute approximate surface area is 349 Å². The average molecular weight is 845 g/mol. The number of hydrogen-bond acceptors (Lipinski definition) is 11. The van der Waals surface area contributed by atoms with Gasteiger partial charge in [0.2, 0.25) is 17.1 Å². The van der Waals surface area contributed by atoms with Gasteiger partial charge >= 0.3 is 5.97 Å². The molecule has 0 bridgehead atoms. The van der Waals surface area contributed by atoms with E-state index in [1.807, 2.05) is 60.3 Å². The molecule has 0 aliphatic heterocycles. The second-order valence-electron chi connectivity index (χ2n) is 16.8. The summed E-state index contributed by atoms with van der Waals surface area (Å²) >= 11 is 2.67. The number of hydrogen-bond donors (Lipinski definition) is 5. The Hall–Kier alpha value is -4.15. The number of H-pyrrole nitrogens is 1. The quantitative estimate of drug-likeness (QED) is 0.0488. The number of aromatic nitrogens is 1. The number of amides is 1. The fraction of sp³-hybridized carbons (Fsp3) is 0.432. The van der Waals surface area contributed by atoms with Crippen LogP contribution in [-0.2, 0) is 30.9 Å². The van der Waals surface area contributed by atoms with Crippen molar-refractivity contribution in [3.8, 4) is 5.75 Å². The number of aliphatic hydroxyl groups is 1. The van der Waals surface area contributed by atoms with Gasteiger partial charge in [-0.3, -0.25) is 9.59 Å². The van der Waals surface area contributed by atoms with Gasteiger partial charge in [0.05, 0.1) is 21.4 Å². The molecule has 1 saturated carbocycles.